The van der Waals surface area contributed by atoms with Crippen LogP contribution >= 0.6 is 0 Å². The van der Waals surface area contributed by atoms with Gasteiger partial charge >= 0.3 is 6.03 Å². The first kappa shape index (κ1) is 28.8. The van der Waals surface area contributed by atoms with Crippen LogP contribution in [-0.2, 0) is 4.74 Å². The molecule has 13 heteroatoms. The number of nitrogens with one attached hydrogen (secondary N) is 1. The number of carbonyl (C=O) groups is 1. The van der Waals surface area contributed by atoms with Crippen molar-refractivity contribution in [3.8, 4) is 11.5 Å². The maximum Gasteiger partial charge on any atom is 0.331 e. The number of rotatable bonds is 6. The number of nitrogens with zero attached hydrogens (tertiary/aromatic N) is 4. The molecule has 6 rings (SSSR count). The second-order valence-corrected chi connectivity index (χ2v) is 9.62. The zero-order chi connectivity index (χ0) is 30.8. The van der Waals surface area contributed by atoms with Crippen LogP contribution in [0.25, 0.3) is 11.0 Å². The van der Waals surface area contributed by atoms with E-state index in [1.807, 2.05) is 4.90 Å². The van der Waals surface area contributed by atoms with E-state index in [1.54, 1.807) is 24.4 Å². The van der Waals surface area contributed by atoms with Crippen molar-refractivity contribution in [1.29, 1.82) is 0 Å². The summed E-state index contributed by atoms with van der Waals surface area (Å²) in [4.78, 5) is 24.9. The van der Waals surface area contributed by atoms with E-state index in [0.717, 1.165) is 36.4 Å². The second kappa shape index (κ2) is 12.1. The van der Waals surface area contributed by atoms with E-state index in [-0.39, 0.29) is 17.2 Å². The molecule has 1 aliphatic heterocycles. The highest BCUT2D eigenvalue weighted by Crippen LogP contribution is 2.34. The van der Waals surface area contributed by atoms with Gasteiger partial charge in [-0.2, -0.15) is 0 Å². The van der Waals surface area contributed by atoms with Crippen LogP contribution in [-0.4, -0.2) is 42.3 Å². The number of ether oxygens (including phenoxy) is 2. The average molecular weight is 607 g/mol. The standard InChI is InChI=1S/C31H21F5N5O3/c32-18-12-19(33)14-21(13-18)41(30-24(35)2-1-3-25(30)36)31(42)38-20-4-6-23(34)28(15-20)44-22-5-7-26-27(16-22)39-29(17-37-26)40-8-10-43-11-9-40/h2-7,12-17H,8-11H2,(H,38,42). The molecule has 1 aromatic heterocycles. The van der Waals surface area contributed by atoms with Gasteiger partial charge in [0.2, 0.25) is 0 Å². The van der Waals surface area contributed by atoms with Gasteiger partial charge in [-0.05, 0) is 54.6 Å². The van der Waals surface area contributed by atoms with Crippen LogP contribution in [0.4, 0.5) is 49.6 Å². The molecule has 5 aromatic rings. The molecule has 1 aliphatic rings. The number of urea groups is 1. The lowest BCUT2D eigenvalue weighted by atomic mass is 10.2. The van der Waals surface area contributed by atoms with E-state index >= 15 is 0 Å². The molecule has 0 saturated carbocycles. The largest absolute Gasteiger partial charge is 0.454 e. The second-order valence-electron chi connectivity index (χ2n) is 9.62. The molecule has 0 spiro atoms. The molecule has 2 heterocycles. The highest BCUT2D eigenvalue weighted by molar-refractivity contribution is 6.07. The Morgan fingerprint density at radius 2 is 1.61 bits per heavy atom. The summed E-state index contributed by atoms with van der Waals surface area (Å²) < 4.78 is 83.5. The molecule has 0 unspecified atom stereocenters. The molecule has 1 N–H and O–H groups in total. The summed E-state index contributed by atoms with van der Waals surface area (Å²) >= 11 is 0. The Morgan fingerprint density at radius 1 is 0.886 bits per heavy atom. The minimum atomic E-state index is -1.22. The fraction of sp³-hybridized carbons (Fsp3) is 0.129. The van der Waals surface area contributed by atoms with Crippen molar-refractivity contribution in [2.75, 3.05) is 41.4 Å². The summed E-state index contributed by atoms with van der Waals surface area (Å²) in [7, 11) is 0. The molecular formula is C31H21F5N5O3. The molecule has 44 heavy (non-hydrogen) atoms. The number of anilines is 4. The zero-order valence-electron chi connectivity index (χ0n) is 22.7. The highest BCUT2D eigenvalue weighted by Gasteiger charge is 2.26. The van der Waals surface area contributed by atoms with Crippen molar-refractivity contribution in [3.05, 3.63) is 108 Å². The van der Waals surface area contributed by atoms with E-state index in [4.69, 9.17) is 9.47 Å². The summed E-state index contributed by atoms with van der Waals surface area (Å²) in [6.07, 6.45) is 1.66. The van der Waals surface area contributed by atoms with Crippen molar-refractivity contribution < 1.29 is 36.2 Å². The van der Waals surface area contributed by atoms with Gasteiger partial charge in [-0.25, -0.2) is 31.7 Å². The first-order chi connectivity index (χ1) is 21.2. The molecule has 8 nitrogen and oxygen atoms in total. The third-order valence-electron chi connectivity index (χ3n) is 6.65. The van der Waals surface area contributed by atoms with E-state index in [1.165, 1.54) is 6.07 Å². The van der Waals surface area contributed by atoms with Gasteiger partial charge in [-0.1, -0.05) is 0 Å². The van der Waals surface area contributed by atoms with Gasteiger partial charge in [0.1, 0.15) is 28.9 Å². The number of halogens is 5. The lowest BCUT2D eigenvalue weighted by molar-refractivity contribution is 0.122. The van der Waals surface area contributed by atoms with Gasteiger partial charge in [0.15, 0.2) is 23.2 Å². The Balaban J connectivity index is 1.28. The zero-order valence-corrected chi connectivity index (χ0v) is 22.7. The topological polar surface area (TPSA) is 79.8 Å². The Morgan fingerprint density at radius 3 is 2.34 bits per heavy atom. The Bertz CT molecular complexity index is 1830. The van der Waals surface area contributed by atoms with E-state index < -0.39 is 46.5 Å². The number of carbonyl (C=O) groups excluding carboxylic acids is 1. The predicted molar refractivity (Wildman–Crippen MR) is 152 cm³/mol. The molecule has 1 fully saturated rings. The van der Waals surface area contributed by atoms with Gasteiger partial charge in [0.05, 0.1) is 36.1 Å². The fourth-order valence-corrected chi connectivity index (χ4v) is 4.62. The van der Waals surface area contributed by atoms with Gasteiger partial charge < -0.3 is 19.7 Å². The number of amides is 2. The summed E-state index contributed by atoms with van der Waals surface area (Å²) in [6, 6.07) is 12.7. The summed E-state index contributed by atoms with van der Waals surface area (Å²) in [5.74, 6) is -4.82. The minimum Gasteiger partial charge on any atom is -0.454 e. The first-order valence-electron chi connectivity index (χ1n) is 13.2. The molecule has 0 atom stereocenters. The van der Waals surface area contributed by atoms with Gasteiger partial charge in [-0.3, -0.25) is 9.88 Å². The third-order valence-corrected chi connectivity index (χ3v) is 6.65. The minimum absolute atomic E-state index is 0.0493. The van der Waals surface area contributed by atoms with Crippen LogP contribution < -0.4 is 19.9 Å². The predicted octanol–water partition coefficient (Wildman–Crippen LogP) is 7.12. The van der Waals surface area contributed by atoms with Crippen LogP contribution in [0.3, 0.4) is 0 Å². The van der Waals surface area contributed by atoms with Crippen LogP contribution in [0, 0.1) is 35.2 Å². The van der Waals surface area contributed by atoms with Crippen LogP contribution in [0.2, 0.25) is 0 Å². The molecular weight excluding hydrogens is 585 g/mol. The van der Waals surface area contributed by atoms with Crippen molar-refractivity contribution in [3.63, 3.8) is 0 Å². The number of benzene rings is 4. The average Bonchev–Trinajstić information content (AvgIpc) is 3.00. The summed E-state index contributed by atoms with van der Waals surface area (Å²) in [5.41, 5.74) is -0.372. The molecule has 2 amide bonds. The first-order valence-corrected chi connectivity index (χ1v) is 13.2. The molecule has 1 radical (unpaired) electrons. The highest BCUT2D eigenvalue weighted by atomic mass is 19.1. The smallest absolute Gasteiger partial charge is 0.331 e. The van der Waals surface area contributed by atoms with E-state index in [0.29, 0.717) is 54.1 Å². The lowest BCUT2D eigenvalue weighted by Crippen LogP contribution is -2.36. The van der Waals surface area contributed by atoms with Gasteiger partial charge in [-0.15, -0.1) is 0 Å². The van der Waals surface area contributed by atoms with Gasteiger partial charge in [0, 0.05) is 37.0 Å². The quantitative estimate of drug-likeness (QED) is 0.207. The normalized spacial score (nSPS) is 13.2. The number of hydrogen-bond donors (Lipinski definition) is 1. The van der Waals surface area contributed by atoms with Crippen LogP contribution in [0.15, 0.2) is 72.9 Å². The summed E-state index contributed by atoms with van der Waals surface area (Å²) in [6.45, 7) is 2.46. The van der Waals surface area contributed by atoms with Crippen molar-refractivity contribution >= 4 is 39.9 Å². The Hall–Kier alpha value is -5.30. The number of morpholine rings is 1. The van der Waals surface area contributed by atoms with E-state index in [2.05, 4.69) is 21.4 Å². The molecule has 0 bridgehead atoms. The van der Waals surface area contributed by atoms with Gasteiger partial charge in [0.25, 0.3) is 0 Å². The lowest BCUT2D eigenvalue weighted by Gasteiger charge is -2.27. The number of aromatic nitrogens is 2. The molecule has 223 valence electrons. The maximum absolute atomic E-state index is 14.8. The van der Waals surface area contributed by atoms with Crippen LogP contribution in [0.5, 0.6) is 11.5 Å². The monoisotopic (exact) mass is 606 g/mol. The number of fused-ring (bicyclic) bond motifs is 1. The molecule has 0 aliphatic carbocycles. The van der Waals surface area contributed by atoms with Crippen molar-refractivity contribution in [2.45, 2.75) is 0 Å². The van der Waals surface area contributed by atoms with Crippen LogP contribution in [0.1, 0.15) is 0 Å². The van der Waals surface area contributed by atoms with Crippen molar-refractivity contribution in [1.82, 2.24) is 9.97 Å². The van der Waals surface area contributed by atoms with E-state index in [9.17, 15) is 26.7 Å². The molecule has 1 saturated heterocycles. The molecule has 4 aromatic carbocycles. The maximum atomic E-state index is 14.8. The number of hydrogen-bond acceptors (Lipinski definition) is 6. The fourth-order valence-electron chi connectivity index (χ4n) is 4.62. The SMILES string of the molecule is O=C(Nc1ccc(F)c(Oc2ccc3ncc(N4CCOCC4)nc3c2)c1)N(c1cc(F)cc(F)c1)c1c(F)c[c]cc1F. The Kier molecular flexibility index (Phi) is 7.94. The third kappa shape index (κ3) is 6.08. The Labute approximate surface area is 247 Å². The summed E-state index contributed by atoms with van der Waals surface area (Å²) in [5, 5.41) is 2.37. The van der Waals surface area contributed by atoms with Crippen molar-refractivity contribution in [2.24, 2.45) is 0 Å².